The molecule has 0 bridgehead atoms. The van der Waals surface area contributed by atoms with Crippen LogP contribution < -0.4 is 0 Å². The summed E-state index contributed by atoms with van der Waals surface area (Å²) in [7, 11) is 0. The van der Waals surface area contributed by atoms with Crippen LogP contribution in [0.5, 0.6) is 0 Å². The Morgan fingerprint density at radius 2 is 2.39 bits per heavy atom. The largest absolute Gasteiger partial charge is 0.480 e. The SMILES string of the molecule is Cc1ncsc1CCN1CC(C)(OCC(=O)O)C1. The number of rotatable bonds is 6. The number of aliphatic carboxylic acids is 1. The van der Waals surface area contributed by atoms with Crippen LogP contribution in [0, 0.1) is 6.92 Å². The number of thiazole rings is 1. The van der Waals surface area contributed by atoms with Crippen molar-refractivity contribution >= 4 is 17.3 Å². The Labute approximate surface area is 110 Å². The van der Waals surface area contributed by atoms with Crippen molar-refractivity contribution in [1.82, 2.24) is 9.88 Å². The van der Waals surface area contributed by atoms with Crippen LogP contribution in [-0.2, 0) is 16.0 Å². The fourth-order valence-corrected chi connectivity index (χ4v) is 2.98. The molecule has 0 saturated carbocycles. The third-order valence-corrected chi connectivity index (χ3v) is 4.16. The Hall–Kier alpha value is -0.980. The first-order valence-corrected chi connectivity index (χ1v) is 6.83. The molecule has 0 spiro atoms. The Balaban J connectivity index is 1.70. The summed E-state index contributed by atoms with van der Waals surface area (Å²) in [6.07, 6.45) is 1.01. The first-order chi connectivity index (χ1) is 8.48. The van der Waals surface area contributed by atoms with Gasteiger partial charge in [-0.2, -0.15) is 0 Å². The van der Waals surface area contributed by atoms with E-state index in [1.807, 2.05) is 19.4 Å². The number of carboxylic acid groups (broad SMARTS) is 1. The average Bonchev–Trinajstić information content (AvgIpc) is 2.66. The van der Waals surface area contributed by atoms with Gasteiger partial charge in [0.2, 0.25) is 0 Å². The highest BCUT2D eigenvalue weighted by Gasteiger charge is 2.39. The average molecular weight is 270 g/mol. The molecule has 1 aromatic rings. The van der Waals surface area contributed by atoms with E-state index in [2.05, 4.69) is 9.88 Å². The highest BCUT2D eigenvalue weighted by Crippen LogP contribution is 2.25. The predicted molar refractivity (Wildman–Crippen MR) is 69.0 cm³/mol. The fourth-order valence-electron chi connectivity index (χ4n) is 2.21. The van der Waals surface area contributed by atoms with E-state index in [9.17, 15) is 4.79 Å². The monoisotopic (exact) mass is 270 g/mol. The van der Waals surface area contributed by atoms with Gasteiger partial charge >= 0.3 is 5.97 Å². The summed E-state index contributed by atoms with van der Waals surface area (Å²) < 4.78 is 5.37. The lowest BCUT2D eigenvalue weighted by atomic mass is 9.96. The lowest BCUT2D eigenvalue weighted by Crippen LogP contribution is -2.61. The van der Waals surface area contributed by atoms with Gasteiger partial charge in [-0.05, 0) is 20.3 Å². The Morgan fingerprint density at radius 1 is 1.67 bits per heavy atom. The number of carbonyl (C=O) groups is 1. The number of carboxylic acids is 1. The summed E-state index contributed by atoms with van der Waals surface area (Å²) in [5.41, 5.74) is 2.70. The van der Waals surface area contributed by atoms with E-state index in [-0.39, 0.29) is 12.2 Å². The van der Waals surface area contributed by atoms with E-state index < -0.39 is 5.97 Å². The number of ether oxygens (including phenoxy) is 1. The lowest BCUT2D eigenvalue weighted by Gasteiger charge is -2.47. The number of likely N-dealkylation sites (tertiary alicyclic amines) is 1. The molecule has 100 valence electrons. The van der Waals surface area contributed by atoms with E-state index in [1.165, 1.54) is 4.88 Å². The van der Waals surface area contributed by atoms with Crippen molar-refractivity contribution in [3.63, 3.8) is 0 Å². The van der Waals surface area contributed by atoms with Gasteiger partial charge in [-0.1, -0.05) is 0 Å². The molecule has 0 atom stereocenters. The van der Waals surface area contributed by atoms with Crippen LogP contribution in [0.3, 0.4) is 0 Å². The van der Waals surface area contributed by atoms with Gasteiger partial charge < -0.3 is 9.84 Å². The molecule has 1 N–H and O–H groups in total. The molecular weight excluding hydrogens is 252 g/mol. The maximum Gasteiger partial charge on any atom is 0.329 e. The summed E-state index contributed by atoms with van der Waals surface area (Å²) >= 11 is 1.69. The molecule has 6 heteroatoms. The molecule has 0 amide bonds. The molecular formula is C12H18N2O3S. The summed E-state index contributed by atoms with van der Waals surface area (Å²) in [5, 5.41) is 8.58. The van der Waals surface area contributed by atoms with Crippen molar-refractivity contribution < 1.29 is 14.6 Å². The third kappa shape index (κ3) is 3.28. The first kappa shape index (κ1) is 13.5. The molecule has 1 fully saturated rings. The topological polar surface area (TPSA) is 62.7 Å². The third-order valence-electron chi connectivity index (χ3n) is 3.16. The van der Waals surface area contributed by atoms with Gasteiger partial charge in [0, 0.05) is 24.5 Å². The van der Waals surface area contributed by atoms with E-state index in [0.717, 1.165) is 31.7 Å². The van der Waals surface area contributed by atoms with Gasteiger partial charge in [-0.25, -0.2) is 9.78 Å². The van der Waals surface area contributed by atoms with Gasteiger partial charge in [-0.15, -0.1) is 11.3 Å². The van der Waals surface area contributed by atoms with Crippen LogP contribution in [0.25, 0.3) is 0 Å². The maximum atomic E-state index is 10.4. The van der Waals surface area contributed by atoms with Crippen molar-refractivity contribution in [2.75, 3.05) is 26.2 Å². The molecule has 0 unspecified atom stereocenters. The summed E-state index contributed by atoms with van der Waals surface area (Å²) in [6, 6.07) is 0. The normalized spacial score (nSPS) is 18.6. The zero-order valence-corrected chi connectivity index (χ0v) is 11.5. The van der Waals surface area contributed by atoms with Crippen LogP contribution in [0.2, 0.25) is 0 Å². The first-order valence-electron chi connectivity index (χ1n) is 5.96. The van der Waals surface area contributed by atoms with Crippen LogP contribution >= 0.6 is 11.3 Å². The second-order valence-electron chi connectivity index (χ2n) is 4.95. The standard InChI is InChI=1S/C12H18N2O3S/c1-9-10(18-8-13-9)3-4-14-6-12(2,7-14)17-5-11(15)16/h8H,3-7H2,1-2H3,(H,15,16). The number of hydrogen-bond donors (Lipinski definition) is 1. The van der Waals surface area contributed by atoms with Gasteiger partial charge in [0.15, 0.2) is 0 Å². The number of aromatic nitrogens is 1. The molecule has 1 saturated heterocycles. The van der Waals surface area contributed by atoms with E-state index in [1.54, 1.807) is 11.3 Å². The molecule has 1 aromatic heterocycles. The second kappa shape index (κ2) is 5.34. The molecule has 0 aromatic carbocycles. The van der Waals surface area contributed by atoms with Gasteiger partial charge in [-0.3, -0.25) is 4.90 Å². The van der Waals surface area contributed by atoms with Crippen LogP contribution in [-0.4, -0.2) is 52.8 Å². The van der Waals surface area contributed by atoms with Crippen LogP contribution in [0.1, 0.15) is 17.5 Å². The molecule has 0 radical (unpaired) electrons. The second-order valence-corrected chi connectivity index (χ2v) is 5.89. The van der Waals surface area contributed by atoms with Crippen molar-refractivity contribution in [3.05, 3.63) is 16.1 Å². The van der Waals surface area contributed by atoms with Gasteiger partial charge in [0.1, 0.15) is 6.61 Å². The van der Waals surface area contributed by atoms with Gasteiger partial charge in [0.25, 0.3) is 0 Å². The summed E-state index contributed by atoms with van der Waals surface area (Å²) in [6.45, 7) is 6.37. The van der Waals surface area contributed by atoms with Crippen molar-refractivity contribution in [3.8, 4) is 0 Å². The minimum Gasteiger partial charge on any atom is -0.480 e. The van der Waals surface area contributed by atoms with Crippen LogP contribution in [0.15, 0.2) is 5.51 Å². The number of nitrogens with zero attached hydrogens (tertiary/aromatic N) is 2. The molecule has 0 aliphatic carbocycles. The summed E-state index contributed by atoms with van der Waals surface area (Å²) in [4.78, 5) is 18.3. The highest BCUT2D eigenvalue weighted by molar-refractivity contribution is 7.09. The van der Waals surface area contributed by atoms with Crippen LogP contribution in [0.4, 0.5) is 0 Å². The maximum absolute atomic E-state index is 10.4. The predicted octanol–water partition coefficient (Wildman–Crippen LogP) is 1.17. The highest BCUT2D eigenvalue weighted by atomic mass is 32.1. The Bertz CT molecular complexity index is 427. The fraction of sp³-hybridized carbons (Fsp3) is 0.667. The zero-order chi connectivity index (χ0) is 13.2. The lowest BCUT2D eigenvalue weighted by molar-refractivity contribution is -0.164. The molecule has 1 aliphatic rings. The Kier molecular flexibility index (Phi) is 3.99. The minimum absolute atomic E-state index is 0.210. The minimum atomic E-state index is -0.907. The number of aryl methyl sites for hydroxylation is 1. The van der Waals surface area contributed by atoms with E-state index in [0.29, 0.717) is 0 Å². The quantitative estimate of drug-likeness (QED) is 0.840. The summed E-state index contributed by atoms with van der Waals surface area (Å²) in [5.74, 6) is -0.907. The van der Waals surface area contributed by atoms with Crippen molar-refractivity contribution in [2.45, 2.75) is 25.9 Å². The smallest absolute Gasteiger partial charge is 0.329 e. The molecule has 18 heavy (non-hydrogen) atoms. The molecule has 5 nitrogen and oxygen atoms in total. The van der Waals surface area contributed by atoms with Crippen molar-refractivity contribution in [2.24, 2.45) is 0 Å². The van der Waals surface area contributed by atoms with E-state index >= 15 is 0 Å². The van der Waals surface area contributed by atoms with Crippen molar-refractivity contribution in [1.29, 1.82) is 0 Å². The number of hydrogen-bond acceptors (Lipinski definition) is 5. The van der Waals surface area contributed by atoms with Gasteiger partial charge in [0.05, 0.1) is 16.8 Å². The molecule has 1 aliphatic heterocycles. The molecule has 2 heterocycles. The molecule has 2 rings (SSSR count). The Morgan fingerprint density at radius 3 is 2.94 bits per heavy atom. The van der Waals surface area contributed by atoms with E-state index in [4.69, 9.17) is 9.84 Å². The zero-order valence-electron chi connectivity index (χ0n) is 10.7.